The van der Waals surface area contributed by atoms with E-state index in [0.717, 1.165) is 6.42 Å². The van der Waals surface area contributed by atoms with Crippen LogP contribution in [0.1, 0.15) is 57.5 Å². The van der Waals surface area contributed by atoms with Crippen LogP contribution in [0.2, 0.25) is 0 Å². The summed E-state index contributed by atoms with van der Waals surface area (Å²) in [6.45, 7) is 7.13. The van der Waals surface area contributed by atoms with Crippen LogP contribution in [-0.4, -0.2) is 33.1 Å². The lowest BCUT2D eigenvalue weighted by atomic mass is 9.97. The molecule has 2 aliphatic heterocycles. The molecule has 0 bridgehead atoms. The van der Waals surface area contributed by atoms with E-state index in [1.165, 1.54) is 63.1 Å². The van der Waals surface area contributed by atoms with Crippen LogP contribution >= 0.6 is 0 Å². The van der Waals surface area contributed by atoms with Gasteiger partial charge in [0.05, 0.1) is 0 Å². The highest BCUT2D eigenvalue weighted by Crippen LogP contribution is 2.24. The van der Waals surface area contributed by atoms with E-state index in [2.05, 4.69) is 29.5 Å². The van der Waals surface area contributed by atoms with E-state index in [1.54, 1.807) is 0 Å². The zero-order valence-corrected chi connectivity index (χ0v) is 12.4. The van der Waals surface area contributed by atoms with Gasteiger partial charge in [-0.1, -0.05) is 6.42 Å². The molecule has 0 aromatic carbocycles. The molecule has 0 N–H and O–H groups in total. The third kappa shape index (κ3) is 2.71. The number of rotatable bonds is 3. The Kier molecular flexibility index (Phi) is 3.92. The number of likely N-dealkylation sites (tertiary alicyclic amines) is 1. The standard InChI is InChI=1S/C16H27N3/c1-13(2)18-9-5-3-7-14(18)11-16-17-12-15-8-4-6-10-19(15)16/h12-14H,3-11H2,1-2H3. The second-order valence-electron chi connectivity index (χ2n) is 6.46. The number of fused-ring (bicyclic) bond motifs is 1. The minimum atomic E-state index is 0.668. The second kappa shape index (κ2) is 5.66. The SMILES string of the molecule is CC(C)N1CCCCC1Cc1ncc2n1CCCC2. The Balaban J connectivity index is 1.74. The first-order valence-electron chi connectivity index (χ1n) is 8.04. The van der Waals surface area contributed by atoms with Crippen LogP contribution in [0.25, 0.3) is 0 Å². The molecule has 2 aliphatic rings. The molecule has 3 heterocycles. The molecular formula is C16H27N3. The van der Waals surface area contributed by atoms with Crippen molar-refractivity contribution in [2.45, 2.75) is 77.4 Å². The maximum atomic E-state index is 4.72. The fourth-order valence-electron chi connectivity index (χ4n) is 3.80. The third-order valence-corrected chi connectivity index (χ3v) is 4.84. The molecule has 0 amide bonds. The molecule has 3 rings (SSSR count). The third-order valence-electron chi connectivity index (χ3n) is 4.84. The number of hydrogen-bond donors (Lipinski definition) is 0. The first-order valence-corrected chi connectivity index (χ1v) is 8.04. The van der Waals surface area contributed by atoms with Gasteiger partial charge in [-0.2, -0.15) is 0 Å². The summed E-state index contributed by atoms with van der Waals surface area (Å²) >= 11 is 0. The quantitative estimate of drug-likeness (QED) is 0.834. The van der Waals surface area contributed by atoms with Gasteiger partial charge in [0.25, 0.3) is 0 Å². The molecular weight excluding hydrogens is 234 g/mol. The number of aromatic nitrogens is 2. The highest BCUT2D eigenvalue weighted by atomic mass is 15.2. The normalized spacial score (nSPS) is 24.7. The summed E-state index contributed by atoms with van der Waals surface area (Å²) in [5.41, 5.74) is 1.47. The molecule has 1 atom stereocenters. The number of nitrogens with zero attached hydrogens (tertiary/aromatic N) is 3. The van der Waals surface area contributed by atoms with Crippen LogP contribution in [0.5, 0.6) is 0 Å². The van der Waals surface area contributed by atoms with Crippen molar-refractivity contribution in [3.05, 3.63) is 17.7 Å². The van der Waals surface area contributed by atoms with Crippen molar-refractivity contribution in [3.8, 4) is 0 Å². The molecule has 1 aromatic rings. The maximum absolute atomic E-state index is 4.72. The molecule has 106 valence electrons. The summed E-state index contributed by atoms with van der Waals surface area (Å²) in [5.74, 6) is 1.34. The van der Waals surface area contributed by atoms with Gasteiger partial charge in [0.1, 0.15) is 5.82 Å². The average molecular weight is 261 g/mol. The molecule has 1 aromatic heterocycles. The van der Waals surface area contributed by atoms with E-state index in [-0.39, 0.29) is 0 Å². The first-order chi connectivity index (χ1) is 9.25. The predicted molar refractivity (Wildman–Crippen MR) is 78.4 cm³/mol. The summed E-state index contributed by atoms with van der Waals surface area (Å²) in [6.07, 6.45) is 11.3. The Hall–Kier alpha value is -0.830. The fourth-order valence-corrected chi connectivity index (χ4v) is 3.80. The molecule has 3 nitrogen and oxygen atoms in total. The molecule has 3 heteroatoms. The lowest BCUT2D eigenvalue weighted by molar-refractivity contribution is 0.109. The van der Waals surface area contributed by atoms with Gasteiger partial charge in [-0.15, -0.1) is 0 Å². The first kappa shape index (κ1) is 13.2. The number of aryl methyl sites for hydroxylation is 1. The Morgan fingerprint density at radius 1 is 1.21 bits per heavy atom. The van der Waals surface area contributed by atoms with Gasteiger partial charge in [-0.3, -0.25) is 4.90 Å². The zero-order valence-electron chi connectivity index (χ0n) is 12.4. The van der Waals surface area contributed by atoms with Crippen LogP contribution < -0.4 is 0 Å². The monoisotopic (exact) mass is 261 g/mol. The van der Waals surface area contributed by atoms with Crippen molar-refractivity contribution < 1.29 is 0 Å². The Morgan fingerprint density at radius 2 is 2.05 bits per heavy atom. The van der Waals surface area contributed by atoms with Crippen molar-refractivity contribution in [1.82, 2.24) is 14.5 Å². The Morgan fingerprint density at radius 3 is 2.89 bits per heavy atom. The van der Waals surface area contributed by atoms with Crippen LogP contribution in [0.15, 0.2) is 6.20 Å². The topological polar surface area (TPSA) is 21.1 Å². The minimum Gasteiger partial charge on any atom is -0.332 e. The maximum Gasteiger partial charge on any atom is 0.110 e. The van der Waals surface area contributed by atoms with E-state index in [4.69, 9.17) is 4.98 Å². The van der Waals surface area contributed by atoms with E-state index < -0.39 is 0 Å². The van der Waals surface area contributed by atoms with Gasteiger partial charge in [-0.25, -0.2) is 4.98 Å². The zero-order chi connectivity index (χ0) is 13.2. The summed E-state index contributed by atoms with van der Waals surface area (Å²) < 4.78 is 2.50. The van der Waals surface area contributed by atoms with Gasteiger partial charge < -0.3 is 4.57 Å². The molecule has 0 radical (unpaired) electrons. The summed E-state index contributed by atoms with van der Waals surface area (Å²) in [6, 6.07) is 1.38. The highest BCUT2D eigenvalue weighted by molar-refractivity contribution is 5.09. The van der Waals surface area contributed by atoms with Crippen LogP contribution in [0, 0.1) is 0 Å². The van der Waals surface area contributed by atoms with Crippen molar-refractivity contribution >= 4 is 0 Å². The summed E-state index contributed by atoms with van der Waals surface area (Å²) in [7, 11) is 0. The lowest BCUT2D eigenvalue weighted by Crippen LogP contribution is -2.45. The second-order valence-corrected chi connectivity index (χ2v) is 6.46. The van der Waals surface area contributed by atoms with Crippen LogP contribution in [-0.2, 0) is 19.4 Å². The van der Waals surface area contributed by atoms with Gasteiger partial charge in [0, 0.05) is 36.9 Å². The highest BCUT2D eigenvalue weighted by Gasteiger charge is 2.26. The minimum absolute atomic E-state index is 0.668. The van der Waals surface area contributed by atoms with E-state index in [9.17, 15) is 0 Å². The molecule has 0 saturated carbocycles. The van der Waals surface area contributed by atoms with Crippen molar-refractivity contribution in [2.75, 3.05) is 6.54 Å². The van der Waals surface area contributed by atoms with Crippen LogP contribution in [0.4, 0.5) is 0 Å². The van der Waals surface area contributed by atoms with Gasteiger partial charge in [-0.05, 0) is 52.5 Å². The van der Waals surface area contributed by atoms with E-state index in [1.807, 2.05) is 0 Å². The lowest BCUT2D eigenvalue weighted by Gasteiger charge is -2.38. The van der Waals surface area contributed by atoms with Gasteiger partial charge >= 0.3 is 0 Å². The Bertz CT molecular complexity index is 422. The molecule has 1 saturated heterocycles. The van der Waals surface area contributed by atoms with E-state index >= 15 is 0 Å². The van der Waals surface area contributed by atoms with Gasteiger partial charge in [0.15, 0.2) is 0 Å². The number of piperidine rings is 1. The molecule has 0 aliphatic carbocycles. The molecule has 1 fully saturated rings. The fraction of sp³-hybridized carbons (Fsp3) is 0.812. The summed E-state index contributed by atoms with van der Waals surface area (Å²) in [5, 5.41) is 0. The number of imidazole rings is 1. The average Bonchev–Trinajstić information content (AvgIpc) is 2.83. The molecule has 0 spiro atoms. The largest absolute Gasteiger partial charge is 0.332 e. The Labute approximate surface area is 117 Å². The predicted octanol–water partition coefficient (Wildman–Crippen LogP) is 3.02. The molecule has 19 heavy (non-hydrogen) atoms. The van der Waals surface area contributed by atoms with Gasteiger partial charge in [0.2, 0.25) is 0 Å². The number of hydrogen-bond acceptors (Lipinski definition) is 2. The van der Waals surface area contributed by atoms with Crippen molar-refractivity contribution in [1.29, 1.82) is 0 Å². The summed E-state index contributed by atoms with van der Waals surface area (Å²) in [4.78, 5) is 7.41. The smallest absolute Gasteiger partial charge is 0.110 e. The molecule has 1 unspecified atom stereocenters. The van der Waals surface area contributed by atoms with Crippen molar-refractivity contribution in [2.24, 2.45) is 0 Å². The van der Waals surface area contributed by atoms with Crippen molar-refractivity contribution in [3.63, 3.8) is 0 Å². The van der Waals surface area contributed by atoms with Crippen LogP contribution in [0.3, 0.4) is 0 Å². The van der Waals surface area contributed by atoms with E-state index in [0.29, 0.717) is 12.1 Å².